The van der Waals surface area contributed by atoms with Gasteiger partial charge in [0.2, 0.25) is 27.7 Å². The van der Waals surface area contributed by atoms with Gasteiger partial charge in [-0.2, -0.15) is 0 Å². The van der Waals surface area contributed by atoms with Gasteiger partial charge in [0.1, 0.15) is 35.6 Å². The topological polar surface area (TPSA) is 182 Å². The lowest BCUT2D eigenvalue weighted by Crippen LogP contribution is -2.59. The second-order valence-electron chi connectivity index (χ2n) is 17.9. The van der Waals surface area contributed by atoms with Crippen molar-refractivity contribution in [2.24, 2.45) is 17.8 Å². The first-order valence-electron chi connectivity index (χ1n) is 21.8. The number of fused-ring (bicyclic) bond motifs is 6. The highest BCUT2D eigenvalue weighted by atomic mass is 32.2. The van der Waals surface area contributed by atoms with Crippen LogP contribution in [-0.4, -0.2) is 90.9 Å². The monoisotopic (exact) mass is 841 g/mol. The van der Waals surface area contributed by atoms with Gasteiger partial charge in [0, 0.05) is 28.5 Å². The van der Waals surface area contributed by atoms with Crippen molar-refractivity contribution in [1.82, 2.24) is 25.2 Å². The lowest BCUT2D eigenvalue weighted by Gasteiger charge is -2.35. The van der Waals surface area contributed by atoms with E-state index in [2.05, 4.69) is 28.0 Å². The number of sulfonamides is 1. The van der Waals surface area contributed by atoms with E-state index >= 15 is 4.79 Å². The number of aryl methyl sites for hydroxylation is 1. The summed E-state index contributed by atoms with van der Waals surface area (Å²) in [7, 11) is -2.24. The third-order valence-electron chi connectivity index (χ3n) is 14.0. The quantitative estimate of drug-likeness (QED) is 0.191. The van der Waals surface area contributed by atoms with E-state index in [0.29, 0.717) is 24.2 Å². The molecule has 7 atom stereocenters. The van der Waals surface area contributed by atoms with Crippen molar-refractivity contribution in [2.45, 2.75) is 131 Å². The maximum atomic E-state index is 15.1. The SMILES string of the molecule is C=C[C@@H]1C[C@]1(NC(=O)[C@@H]1C[C@@H]2CN1C(=O)[C@H](C1CCCCC1)NC(=O)O[C@H]1CCC[C@@H]1CCCc1cc3c(nc4ccccc4c3cc1OC)O2)C(=O)NS(=O)(=O)C1CC1. The summed E-state index contributed by atoms with van der Waals surface area (Å²) in [6, 6.07) is 9.83. The van der Waals surface area contributed by atoms with Gasteiger partial charge in [-0.05, 0) is 106 Å². The Morgan fingerprint density at radius 2 is 1.72 bits per heavy atom. The summed E-state index contributed by atoms with van der Waals surface area (Å²) in [6.45, 7) is 3.84. The normalized spacial score (nSPS) is 30.1. The fraction of sp³-hybridized carbons (Fsp3) is 0.578. The maximum absolute atomic E-state index is 15.1. The van der Waals surface area contributed by atoms with Gasteiger partial charge in [-0.1, -0.05) is 43.5 Å². The molecular formula is C45H55N5O9S. The molecule has 3 aromatic rings. The average Bonchev–Trinajstić information content (AvgIpc) is 4.14. The van der Waals surface area contributed by atoms with Gasteiger partial charge in [-0.3, -0.25) is 19.1 Å². The summed E-state index contributed by atoms with van der Waals surface area (Å²) in [6.07, 6.45) is 10.4. The number of amides is 4. The van der Waals surface area contributed by atoms with Gasteiger partial charge in [-0.25, -0.2) is 18.2 Å². The molecule has 5 fully saturated rings. The Bertz CT molecular complexity index is 2330. The highest BCUT2D eigenvalue weighted by Gasteiger charge is 2.62. The first-order chi connectivity index (χ1) is 29.0. The number of nitrogens with one attached hydrogen (secondary N) is 3. The van der Waals surface area contributed by atoms with Crippen molar-refractivity contribution >= 4 is 55.5 Å². The van der Waals surface area contributed by atoms with Crippen LogP contribution in [-0.2, 0) is 35.6 Å². The molecule has 2 aromatic carbocycles. The summed E-state index contributed by atoms with van der Waals surface area (Å²) in [5, 5.41) is 7.85. The molecule has 9 rings (SSSR count). The first-order valence-corrected chi connectivity index (χ1v) is 23.4. The van der Waals surface area contributed by atoms with Crippen LogP contribution in [0.15, 0.2) is 49.1 Å². The molecule has 1 saturated heterocycles. The number of hydrogen-bond donors (Lipinski definition) is 3. The number of methoxy groups -OCH3 is 1. The van der Waals surface area contributed by atoms with Gasteiger partial charge in [0.25, 0.3) is 5.91 Å². The van der Waals surface area contributed by atoms with E-state index in [1.807, 2.05) is 30.3 Å². The maximum Gasteiger partial charge on any atom is 0.408 e. The number of ether oxygens (including phenoxy) is 3. The van der Waals surface area contributed by atoms with Gasteiger partial charge < -0.3 is 29.7 Å². The standard InChI is InChI=1S/C45H55N5O9S/c1-3-29-24-45(29,43(53)49-60(55,56)31-19-20-31)48-40(51)36-22-30-25-50(36)42(52)39(27-11-5-4-6-12-27)47-44(54)59-37-18-10-14-26(37)13-9-15-28-21-34-33(23-38(28)57-2)32-16-7-8-17-35(32)46-41(34)58-30/h3,7-8,16-17,21,23,26-27,29-31,36-37,39H,1,4-6,9-15,18-20,22,24-25H2,2H3,(H,47,54)(H,48,51)(H,49,53)/t26-,29+,30+,36-,37-,39-,45+/m0/s1. The predicted octanol–water partition coefficient (Wildman–Crippen LogP) is 5.59. The zero-order valence-electron chi connectivity index (χ0n) is 34.2. The molecule has 0 radical (unpaired) electrons. The Kier molecular flexibility index (Phi) is 10.9. The van der Waals surface area contributed by atoms with Crippen LogP contribution in [0, 0.1) is 17.8 Å². The summed E-state index contributed by atoms with van der Waals surface area (Å²) in [5.74, 6) is -1.26. The Morgan fingerprint density at radius 3 is 2.47 bits per heavy atom. The Balaban J connectivity index is 1.10. The van der Waals surface area contributed by atoms with E-state index < -0.39 is 68.7 Å². The van der Waals surface area contributed by atoms with Crippen molar-refractivity contribution in [3.05, 3.63) is 54.6 Å². The van der Waals surface area contributed by atoms with Crippen molar-refractivity contribution in [3.8, 4) is 11.6 Å². The van der Waals surface area contributed by atoms with E-state index in [-0.39, 0.29) is 37.3 Å². The van der Waals surface area contributed by atoms with Crippen LogP contribution in [0.1, 0.15) is 95.5 Å². The van der Waals surface area contributed by atoms with Crippen LogP contribution in [0.4, 0.5) is 4.79 Å². The number of para-hydroxylation sites is 1. The first kappa shape index (κ1) is 40.5. The van der Waals surface area contributed by atoms with E-state index in [0.717, 1.165) is 98.1 Å². The Morgan fingerprint density at radius 1 is 0.950 bits per heavy atom. The number of pyridine rings is 1. The van der Waals surface area contributed by atoms with Crippen LogP contribution in [0.2, 0.25) is 0 Å². The molecule has 0 unspecified atom stereocenters. The highest BCUT2D eigenvalue weighted by molar-refractivity contribution is 7.91. The number of nitrogens with zero attached hydrogens (tertiary/aromatic N) is 2. The van der Waals surface area contributed by atoms with Crippen molar-refractivity contribution in [1.29, 1.82) is 0 Å². The molecule has 4 bridgehead atoms. The fourth-order valence-corrected chi connectivity index (χ4v) is 11.8. The van der Waals surface area contributed by atoms with E-state index in [1.54, 1.807) is 7.11 Å². The van der Waals surface area contributed by atoms with Crippen LogP contribution < -0.4 is 24.8 Å². The smallest absolute Gasteiger partial charge is 0.408 e. The second kappa shape index (κ2) is 16.2. The predicted molar refractivity (Wildman–Crippen MR) is 224 cm³/mol. The largest absolute Gasteiger partial charge is 0.496 e. The van der Waals surface area contributed by atoms with Gasteiger partial charge in [0.05, 0.1) is 24.4 Å². The number of rotatable bonds is 8. The highest BCUT2D eigenvalue weighted by Crippen LogP contribution is 2.46. The van der Waals surface area contributed by atoms with Gasteiger partial charge >= 0.3 is 6.09 Å². The molecule has 1 aromatic heterocycles. The summed E-state index contributed by atoms with van der Waals surface area (Å²) >= 11 is 0. The lowest BCUT2D eigenvalue weighted by atomic mass is 9.83. The van der Waals surface area contributed by atoms with Gasteiger partial charge in [0.15, 0.2) is 0 Å². The number of benzene rings is 2. The molecule has 6 aliphatic rings. The van der Waals surface area contributed by atoms with Crippen LogP contribution >= 0.6 is 0 Å². The minimum atomic E-state index is -3.91. The fourth-order valence-electron chi connectivity index (χ4n) is 10.4. The molecule has 320 valence electrons. The zero-order chi connectivity index (χ0) is 41.8. The number of aromatic nitrogens is 1. The van der Waals surface area contributed by atoms with Crippen molar-refractivity contribution < 1.29 is 41.8 Å². The molecule has 14 nitrogen and oxygen atoms in total. The molecule has 60 heavy (non-hydrogen) atoms. The number of carbonyl (C=O) groups excluding carboxylic acids is 4. The molecule has 4 saturated carbocycles. The Hall–Kier alpha value is -4.92. The third kappa shape index (κ3) is 7.77. The number of hydrogen-bond acceptors (Lipinski definition) is 10. The molecule has 4 amide bonds. The third-order valence-corrected chi connectivity index (χ3v) is 15.8. The Labute approximate surface area is 350 Å². The lowest BCUT2D eigenvalue weighted by molar-refractivity contribution is -0.142. The molecular weight excluding hydrogens is 787 g/mol. The van der Waals surface area contributed by atoms with Crippen LogP contribution in [0.25, 0.3) is 21.7 Å². The van der Waals surface area contributed by atoms with E-state index in [1.165, 1.54) is 11.0 Å². The van der Waals surface area contributed by atoms with Gasteiger partial charge in [-0.15, -0.1) is 6.58 Å². The second-order valence-corrected chi connectivity index (χ2v) is 19.8. The number of carbonyl (C=O) groups is 4. The average molecular weight is 842 g/mol. The van der Waals surface area contributed by atoms with Crippen molar-refractivity contribution in [2.75, 3.05) is 13.7 Å². The molecule has 4 aliphatic carbocycles. The summed E-state index contributed by atoms with van der Waals surface area (Å²) in [5.41, 5.74) is 0.155. The number of alkyl carbamates (subject to hydrolysis) is 1. The summed E-state index contributed by atoms with van der Waals surface area (Å²) in [4.78, 5) is 63.8. The molecule has 3 N–H and O–H groups in total. The minimum absolute atomic E-state index is 0.000716. The van der Waals surface area contributed by atoms with Crippen molar-refractivity contribution in [3.63, 3.8) is 0 Å². The molecule has 0 spiro atoms. The molecule has 2 aliphatic heterocycles. The van der Waals surface area contributed by atoms with E-state index in [9.17, 15) is 22.8 Å². The summed E-state index contributed by atoms with van der Waals surface area (Å²) < 4.78 is 46.8. The minimum Gasteiger partial charge on any atom is -0.496 e. The molecule has 3 heterocycles. The van der Waals surface area contributed by atoms with Crippen LogP contribution in [0.5, 0.6) is 11.6 Å². The van der Waals surface area contributed by atoms with E-state index in [4.69, 9.17) is 19.2 Å². The molecule has 15 heteroatoms. The van der Waals surface area contributed by atoms with Crippen LogP contribution in [0.3, 0.4) is 0 Å². The zero-order valence-corrected chi connectivity index (χ0v) is 35.0.